The Kier molecular flexibility index (Phi) is 7.54. The van der Waals surface area contributed by atoms with E-state index in [1.54, 1.807) is 0 Å². The van der Waals surface area contributed by atoms with Gasteiger partial charge in [0, 0.05) is 18.1 Å². The molecule has 9 heteroatoms. The zero-order valence-corrected chi connectivity index (χ0v) is 20.8. The Bertz CT molecular complexity index is 1250. The van der Waals surface area contributed by atoms with Crippen molar-refractivity contribution in [1.82, 2.24) is 5.32 Å². The van der Waals surface area contributed by atoms with E-state index in [-0.39, 0.29) is 30.6 Å². The summed E-state index contributed by atoms with van der Waals surface area (Å²) >= 11 is 0. The van der Waals surface area contributed by atoms with Crippen LogP contribution in [0.25, 0.3) is 11.1 Å². The van der Waals surface area contributed by atoms with Crippen molar-refractivity contribution in [3.63, 3.8) is 0 Å². The van der Waals surface area contributed by atoms with E-state index in [0.29, 0.717) is 0 Å². The molecule has 1 aliphatic rings. The number of non-ortho nitro benzene ring substituents is 1. The largest absolute Gasteiger partial charge is 0.449 e. The fourth-order valence-corrected chi connectivity index (χ4v) is 4.11. The van der Waals surface area contributed by atoms with Crippen molar-refractivity contribution in [2.24, 2.45) is 0 Å². The summed E-state index contributed by atoms with van der Waals surface area (Å²) in [5.74, 6) is -0.813. The summed E-state index contributed by atoms with van der Waals surface area (Å²) in [6.45, 7) is 5.39. The molecule has 0 aromatic heterocycles. The molecule has 4 rings (SSSR count). The number of nitrogens with one attached hydrogen (secondary N) is 1. The van der Waals surface area contributed by atoms with Gasteiger partial charge in [0.2, 0.25) is 0 Å². The molecule has 0 bridgehead atoms. The average molecular weight is 505 g/mol. The molecule has 3 aromatic carbocycles. The maximum Gasteiger partial charge on any atom is 0.407 e. The van der Waals surface area contributed by atoms with Gasteiger partial charge >= 0.3 is 12.1 Å². The highest BCUT2D eigenvalue weighted by Gasteiger charge is 2.31. The highest BCUT2D eigenvalue weighted by molar-refractivity contribution is 5.83. The first kappa shape index (κ1) is 25.8. The third-order valence-corrected chi connectivity index (χ3v) is 5.87. The molecule has 37 heavy (non-hydrogen) atoms. The fraction of sp³-hybridized carbons (Fsp3) is 0.286. The normalized spacial score (nSPS) is 13.3. The summed E-state index contributed by atoms with van der Waals surface area (Å²) in [5, 5.41) is 13.4. The Labute approximate surface area is 214 Å². The van der Waals surface area contributed by atoms with Gasteiger partial charge in [-0.2, -0.15) is 0 Å². The zero-order valence-electron chi connectivity index (χ0n) is 20.8. The van der Waals surface area contributed by atoms with Crippen LogP contribution >= 0.6 is 0 Å². The molecule has 9 nitrogen and oxygen atoms in total. The number of nitrogens with zero attached hydrogens (tertiary/aromatic N) is 1. The molecular weight excluding hydrogens is 476 g/mol. The predicted octanol–water partition coefficient (Wildman–Crippen LogP) is 5.22. The molecule has 0 spiro atoms. The molecule has 1 N–H and O–H groups in total. The Morgan fingerprint density at radius 2 is 1.51 bits per heavy atom. The van der Waals surface area contributed by atoms with Crippen molar-refractivity contribution in [1.29, 1.82) is 0 Å². The number of benzene rings is 3. The topological polar surface area (TPSA) is 117 Å². The average Bonchev–Trinajstić information content (AvgIpc) is 3.18. The van der Waals surface area contributed by atoms with E-state index in [1.165, 1.54) is 24.3 Å². The van der Waals surface area contributed by atoms with E-state index in [9.17, 15) is 19.7 Å². The quantitative estimate of drug-likeness (QED) is 0.193. The predicted molar refractivity (Wildman–Crippen MR) is 136 cm³/mol. The maximum atomic E-state index is 12.9. The third-order valence-electron chi connectivity index (χ3n) is 5.87. The first-order valence-electron chi connectivity index (χ1n) is 11.8. The van der Waals surface area contributed by atoms with Gasteiger partial charge in [-0.3, -0.25) is 10.1 Å². The van der Waals surface area contributed by atoms with Crippen molar-refractivity contribution in [2.75, 3.05) is 13.2 Å². The second-order valence-corrected chi connectivity index (χ2v) is 9.62. The van der Waals surface area contributed by atoms with Crippen LogP contribution in [0.4, 0.5) is 10.5 Å². The van der Waals surface area contributed by atoms with Gasteiger partial charge in [-0.1, -0.05) is 48.5 Å². The lowest BCUT2D eigenvalue weighted by molar-refractivity contribution is -0.384. The summed E-state index contributed by atoms with van der Waals surface area (Å²) in [7, 11) is 0. The monoisotopic (exact) mass is 504 g/mol. The molecule has 0 unspecified atom stereocenters. The number of amides is 1. The molecule has 1 amide bonds. The van der Waals surface area contributed by atoms with Crippen LogP contribution < -0.4 is 10.1 Å². The standard InChI is InChI=1S/C28H28N2O7/c1-28(2,3)36-17-25(26(31)37-19-14-12-18(13-15-19)30(33)34)29-27(32)35-16-24-22-10-6-4-8-20(22)21-9-5-7-11-23(21)24/h4-15,24-25H,16-17H2,1-3H3,(H,29,32)/t25-/m0/s1. The molecule has 0 fully saturated rings. The van der Waals surface area contributed by atoms with Gasteiger partial charge in [0.25, 0.3) is 5.69 Å². The maximum absolute atomic E-state index is 12.9. The van der Waals surface area contributed by atoms with Crippen molar-refractivity contribution in [3.8, 4) is 16.9 Å². The summed E-state index contributed by atoms with van der Waals surface area (Å²) in [5.41, 5.74) is 3.65. The first-order valence-corrected chi connectivity index (χ1v) is 11.8. The van der Waals surface area contributed by atoms with Gasteiger partial charge < -0.3 is 19.5 Å². The van der Waals surface area contributed by atoms with Crippen LogP contribution in [0.1, 0.15) is 37.8 Å². The fourth-order valence-electron chi connectivity index (χ4n) is 4.11. The molecule has 0 radical (unpaired) electrons. The second-order valence-electron chi connectivity index (χ2n) is 9.62. The van der Waals surface area contributed by atoms with Crippen LogP contribution in [0.15, 0.2) is 72.8 Å². The van der Waals surface area contributed by atoms with Crippen LogP contribution in [0.3, 0.4) is 0 Å². The van der Waals surface area contributed by atoms with Crippen LogP contribution in [-0.4, -0.2) is 41.8 Å². The molecule has 0 heterocycles. The van der Waals surface area contributed by atoms with E-state index in [4.69, 9.17) is 14.2 Å². The van der Waals surface area contributed by atoms with Gasteiger partial charge in [-0.05, 0) is 55.2 Å². The number of hydrogen-bond acceptors (Lipinski definition) is 7. The number of rotatable bonds is 8. The lowest BCUT2D eigenvalue weighted by atomic mass is 9.98. The number of alkyl carbamates (subject to hydrolysis) is 1. The first-order chi connectivity index (χ1) is 17.6. The Hall–Kier alpha value is -4.24. The SMILES string of the molecule is CC(C)(C)OC[C@H](NC(=O)OCC1c2ccccc2-c2ccccc21)C(=O)Oc1ccc([N+](=O)[O-])cc1. The number of carbonyl (C=O) groups is 2. The van der Waals surface area contributed by atoms with Crippen molar-refractivity contribution in [2.45, 2.75) is 38.3 Å². The molecule has 0 saturated heterocycles. The van der Waals surface area contributed by atoms with Gasteiger partial charge in [0.05, 0.1) is 17.1 Å². The Balaban J connectivity index is 1.43. The number of esters is 1. The number of nitro benzene ring substituents is 1. The highest BCUT2D eigenvalue weighted by Crippen LogP contribution is 2.44. The summed E-state index contributed by atoms with van der Waals surface area (Å²) in [6.07, 6.45) is -0.787. The van der Waals surface area contributed by atoms with E-state index >= 15 is 0 Å². The summed E-state index contributed by atoms with van der Waals surface area (Å²) in [6, 6.07) is 19.9. The number of hydrogen-bond donors (Lipinski definition) is 1. The van der Waals surface area contributed by atoms with Crippen LogP contribution in [-0.2, 0) is 14.3 Å². The van der Waals surface area contributed by atoms with Gasteiger partial charge in [-0.25, -0.2) is 9.59 Å². The number of ether oxygens (including phenoxy) is 3. The van der Waals surface area contributed by atoms with Gasteiger partial charge in [0.15, 0.2) is 6.04 Å². The van der Waals surface area contributed by atoms with E-state index in [1.807, 2.05) is 69.3 Å². The minimum atomic E-state index is -1.16. The minimum Gasteiger partial charge on any atom is -0.449 e. The van der Waals surface area contributed by atoms with E-state index < -0.39 is 28.6 Å². The third kappa shape index (κ3) is 6.31. The Morgan fingerprint density at radius 1 is 0.946 bits per heavy atom. The zero-order chi connectivity index (χ0) is 26.6. The number of carbonyl (C=O) groups excluding carboxylic acids is 2. The smallest absolute Gasteiger partial charge is 0.407 e. The van der Waals surface area contributed by atoms with Gasteiger partial charge in [0.1, 0.15) is 12.4 Å². The van der Waals surface area contributed by atoms with E-state index in [0.717, 1.165) is 22.3 Å². The molecule has 0 saturated carbocycles. The Morgan fingerprint density at radius 3 is 2.05 bits per heavy atom. The summed E-state index contributed by atoms with van der Waals surface area (Å²) in [4.78, 5) is 35.9. The van der Waals surface area contributed by atoms with Crippen LogP contribution in [0.5, 0.6) is 5.75 Å². The molecule has 0 aliphatic heterocycles. The number of nitro groups is 1. The highest BCUT2D eigenvalue weighted by atomic mass is 16.6. The van der Waals surface area contributed by atoms with Crippen molar-refractivity contribution < 1.29 is 28.7 Å². The van der Waals surface area contributed by atoms with E-state index in [2.05, 4.69) is 5.32 Å². The molecule has 1 aliphatic carbocycles. The lowest BCUT2D eigenvalue weighted by Gasteiger charge is -2.24. The minimum absolute atomic E-state index is 0.0874. The van der Waals surface area contributed by atoms with Crippen LogP contribution in [0.2, 0.25) is 0 Å². The molecule has 1 atom stereocenters. The van der Waals surface area contributed by atoms with Crippen LogP contribution in [0, 0.1) is 10.1 Å². The summed E-state index contributed by atoms with van der Waals surface area (Å²) < 4.78 is 16.6. The second kappa shape index (κ2) is 10.8. The molecule has 192 valence electrons. The number of fused-ring (bicyclic) bond motifs is 3. The van der Waals surface area contributed by atoms with Crippen molar-refractivity contribution >= 4 is 17.7 Å². The molecular formula is C28H28N2O7. The van der Waals surface area contributed by atoms with Crippen molar-refractivity contribution in [3.05, 3.63) is 94.0 Å². The van der Waals surface area contributed by atoms with Gasteiger partial charge in [-0.15, -0.1) is 0 Å². The molecule has 3 aromatic rings. The lowest BCUT2D eigenvalue weighted by Crippen LogP contribution is -2.47.